The lowest BCUT2D eigenvalue weighted by atomic mass is 9.97. The lowest BCUT2D eigenvalue weighted by Gasteiger charge is -2.32. The predicted octanol–water partition coefficient (Wildman–Crippen LogP) is 4.20. The van der Waals surface area contributed by atoms with Gasteiger partial charge in [0.1, 0.15) is 0 Å². The van der Waals surface area contributed by atoms with Gasteiger partial charge in [-0.15, -0.1) is 10.2 Å². The van der Waals surface area contributed by atoms with Gasteiger partial charge < -0.3 is 10.2 Å². The molecule has 152 valence electrons. The zero-order valence-electron chi connectivity index (χ0n) is 16.9. The first-order chi connectivity index (χ1) is 14.6. The molecule has 0 bridgehead atoms. The van der Waals surface area contributed by atoms with Crippen LogP contribution in [0.4, 0.5) is 11.5 Å². The van der Waals surface area contributed by atoms with E-state index >= 15 is 0 Å². The van der Waals surface area contributed by atoms with Gasteiger partial charge in [-0.2, -0.15) is 0 Å². The Labute approximate surface area is 175 Å². The fraction of sp³-hybridized carbons (Fsp3) is 0.250. The van der Waals surface area contributed by atoms with E-state index in [2.05, 4.69) is 20.4 Å². The van der Waals surface area contributed by atoms with Crippen LogP contribution in [0.1, 0.15) is 30.1 Å². The van der Waals surface area contributed by atoms with Crippen molar-refractivity contribution in [2.75, 3.05) is 23.3 Å². The molecule has 1 fully saturated rings. The highest BCUT2D eigenvalue weighted by Crippen LogP contribution is 2.24. The number of anilines is 2. The maximum absolute atomic E-state index is 12.8. The summed E-state index contributed by atoms with van der Waals surface area (Å²) in [5.74, 6) is 0.586. The highest BCUT2D eigenvalue weighted by Gasteiger charge is 2.27. The third-order valence-corrected chi connectivity index (χ3v) is 5.37. The minimum Gasteiger partial charge on any atom is -0.354 e. The van der Waals surface area contributed by atoms with Gasteiger partial charge in [-0.3, -0.25) is 9.59 Å². The number of nitrogens with one attached hydrogen (secondary N) is 1. The van der Waals surface area contributed by atoms with Crippen LogP contribution in [0.3, 0.4) is 0 Å². The second-order valence-electron chi connectivity index (χ2n) is 7.55. The summed E-state index contributed by atoms with van der Waals surface area (Å²) in [6, 6.07) is 20.9. The first kappa shape index (κ1) is 19.8. The molecule has 0 saturated carbocycles. The Morgan fingerprint density at radius 1 is 1.00 bits per heavy atom. The largest absolute Gasteiger partial charge is 0.354 e. The summed E-state index contributed by atoms with van der Waals surface area (Å²) in [5.41, 5.74) is 3.10. The number of carbonyl (C=O) groups excluding carboxylic acids is 2. The van der Waals surface area contributed by atoms with Crippen molar-refractivity contribution in [3.05, 3.63) is 72.3 Å². The normalized spacial score (nSPS) is 16.2. The first-order valence-electron chi connectivity index (χ1n) is 10.2. The molecule has 1 saturated heterocycles. The van der Waals surface area contributed by atoms with Crippen LogP contribution in [0.25, 0.3) is 11.3 Å². The molecule has 1 aliphatic rings. The maximum atomic E-state index is 12.8. The van der Waals surface area contributed by atoms with Gasteiger partial charge in [0.15, 0.2) is 11.6 Å². The van der Waals surface area contributed by atoms with Crippen molar-refractivity contribution in [3.8, 4) is 11.3 Å². The summed E-state index contributed by atoms with van der Waals surface area (Å²) in [6.45, 7) is 2.96. The first-order valence-corrected chi connectivity index (χ1v) is 10.2. The van der Waals surface area contributed by atoms with Crippen LogP contribution in [0, 0.1) is 5.92 Å². The van der Waals surface area contributed by atoms with Gasteiger partial charge in [0.25, 0.3) is 0 Å². The van der Waals surface area contributed by atoms with Gasteiger partial charge in [-0.25, -0.2) is 0 Å². The second kappa shape index (κ2) is 8.86. The number of ketones is 1. The molecule has 30 heavy (non-hydrogen) atoms. The van der Waals surface area contributed by atoms with Gasteiger partial charge in [0, 0.05) is 29.9 Å². The zero-order valence-corrected chi connectivity index (χ0v) is 16.9. The second-order valence-corrected chi connectivity index (χ2v) is 7.55. The quantitative estimate of drug-likeness (QED) is 0.650. The number of benzene rings is 2. The third kappa shape index (κ3) is 4.54. The predicted molar refractivity (Wildman–Crippen MR) is 117 cm³/mol. The van der Waals surface area contributed by atoms with Gasteiger partial charge in [0.05, 0.1) is 11.6 Å². The Balaban J connectivity index is 1.42. The third-order valence-electron chi connectivity index (χ3n) is 5.37. The molecule has 1 aliphatic heterocycles. The summed E-state index contributed by atoms with van der Waals surface area (Å²) in [4.78, 5) is 26.5. The maximum Gasteiger partial charge on any atom is 0.229 e. The van der Waals surface area contributed by atoms with Crippen LogP contribution in [0.15, 0.2) is 66.7 Å². The Kier molecular flexibility index (Phi) is 5.84. The van der Waals surface area contributed by atoms with Crippen molar-refractivity contribution in [2.45, 2.75) is 19.8 Å². The van der Waals surface area contributed by atoms with E-state index in [1.165, 1.54) is 6.92 Å². The molecule has 1 N–H and O–H groups in total. The standard InChI is InChI=1S/C24H24N4O2/c1-17(29)19-9-5-11-21(15-19)25-24(30)20-10-6-14-28(16-20)23-13-12-22(26-27-23)18-7-3-2-4-8-18/h2-5,7-9,11-13,15,20H,6,10,14,16H2,1H3,(H,25,30). The van der Waals surface area contributed by atoms with Gasteiger partial charge in [-0.1, -0.05) is 42.5 Å². The molecular weight excluding hydrogens is 376 g/mol. The van der Waals surface area contributed by atoms with E-state index < -0.39 is 0 Å². The molecule has 1 atom stereocenters. The number of aromatic nitrogens is 2. The molecule has 6 nitrogen and oxygen atoms in total. The minimum atomic E-state index is -0.143. The number of Topliss-reactive ketones (excluding diaryl/α,β-unsaturated/α-hetero) is 1. The fourth-order valence-corrected chi connectivity index (χ4v) is 3.72. The summed E-state index contributed by atoms with van der Waals surface area (Å²) in [7, 11) is 0. The van der Waals surface area contributed by atoms with Crippen LogP contribution in [0.2, 0.25) is 0 Å². The highest BCUT2D eigenvalue weighted by atomic mass is 16.2. The van der Waals surface area contributed by atoms with Crippen LogP contribution >= 0.6 is 0 Å². The van der Waals surface area contributed by atoms with E-state index in [1.54, 1.807) is 24.3 Å². The topological polar surface area (TPSA) is 75.2 Å². The molecule has 1 aromatic heterocycles. The zero-order chi connectivity index (χ0) is 20.9. The smallest absolute Gasteiger partial charge is 0.229 e. The summed E-state index contributed by atoms with van der Waals surface area (Å²) >= 11 is 0. The highest BCUT2D eigenvalue weighted by molar-refractivity contribution is 5.97. The number of amides is 1. The van der Waals surface area contributed by atoms with E-state index in [1.807, 2.05) is 42.5 Å². The summed E-state index contributed by atoms with van der Waals surface area (Å²) < 4.78 is 0. The van der Waals surface area contributed by atoms with Crippen molar-refractivity contribution in [2.24, 2.45) is 5.92 Å². The van der Waals surface area contributed by atoms with Gasteiger partial charge >= 0.3 is 0 Å². The molecule has 1 amide bonds. The van der Waals surface area contributed by atoms with E-state index in [0.717, 1.165) is 36.5 Å². The lowest BCUT2D eigenvalue weighted by Crippen LogP contribution is -2.41. The van der Waals surface area contributed by atoms with Gasteiger partial charge in [0.2, 0.25) is 5.91 Å². The Morgan fingerprint density at radius 2 is 1.83 bits per heavy atom. The van der Waals surface area contributed by atoms with Crippen molar-refractivity contribution in [1.82, 2.24) is 10.2 Å². The molecular formula is C24H24N4O2. The lowest BCUT2D eigenvalue weighted by molar-refractivity contribution is -0.120. The molecule has 0 radical (unpaired) electrons. The number of carbonyl (C=O) groups is 2. The average molecular weight is 400 g/mol. The van der Waals surface area contributed by atoms with Crippen LogP contribution < -0.4 is 10.2 Å². The van der Waals surface area contributed by atoms with Crippen LogP contribution in [-0.2, 0) is 4.79 Å². The van der Waals surface area contributed by atoms with Crippen molar-refractivity contribution < 1.29 is 9.59 Å². The molecule has 0 spiro atoms. The fourth-order valence-electron chi connectivity index (χ4n) is 3.72. The van der Waals surface area contributed by atoms with Gasteiger partial charge in [-0.05, 0) is 44.0 Å². The monoisotopic (exact) mass is 400 g/mol. The molecule has 1 unspecified atom stereocenters. The van der Waals surface area contributed by atoms with Crippen molar-refractivity contribution in [1.29, 1.82) is 0 Å². The van der Waals surface area contributed by atoms with E-state index in [4.69, 9.17) is 0 Å². The van der Waals surface area contributed by atoms with E-state index in [-0.39, 0.29) is 17.6 Å². The molecule has 3 aromatic rings. The molecule has 0 aliphatic carbocycles. The van der Waals surface area contributed by atoms with Crippen molar-refractivity contribution >= 4 is 23.2 Å². The number of hydrogen-bond donors (Lipinski definition) is 1. The Morgan fingerprint density at radius 3 is 2.57 bits per heavy atom. The number of nitrogens with zero attached hydrogens (tertiary/aromatic N) is 3. The molecule has 2 heterocycles. The van der Waals surface area contributed by atoms with E-state index in [0.29, 0.717) is 17.8 Å². The minimum absolute atomic E-state index is 0.0209. The van der Waals surface area contributed by atoms with Crippen molar-refractivity contribution in [3.63, 3.8) is 0 Å². The number of rotatable bonds is 5. The van der Waals surface area contributed by atoms with Crippen LogP contribution in [0.5, 0.6) is 0 Å². The molecule has 2 aromatic carbocycles. The SMILES string of the molecule is CC(=O)c1cccc(NC(=O)C2CCCN(c3ccc(-c4ccccc4)nn3)C2)c1. The number of piperidine rings is 1. The molecule has 6 heteroatoms. The average Bonchev–Trinajstić information content (AvgIpc) is 2.80. The summed E-state index contributed by atoms with van der Waals surface area (Å²) in [5, 5.41) is 11.7. The van der Waals surface area contributed by atoms with E-state index in [9.17, 15) is 9.59 Å². The Bertz CT molecular complexity index is 1030. The number of hydrogen-bond acceptors (Lipinski definition) is 5. The molecule has 4 rings (SSSR count). The van der Waals surface area contributed by atoms with Crippen LogP contribution in [-0.4, -0.2) is 35.0 Å². The summed E-state index contributed by atoms with van der Waals surface area (Å²) in [6.07, 6.45) is 1.73. The Hall–Kier alpha value is -3.54.